The SMILES string of the molecule is O=C(NCc1sccc1Br)c1ccccc1C(F)(F)F. The minimum atomic E-state index is -4.54. The fourth-order valence-electron chi connectivity index (χ4n) is 1.64. The molecule has 0 radical (unpaired) electrons. The molecule has 0 aliphatic carbocycles. The number of hydrogen-bond donors (Lipinski definition) is 1. The molecule has 1 aromatic carbocycles. The molecule has 20 heavy (non-hydrogen) atoms. The van der Waals surface area contributed by atoms with Gasteiger partial charge in [-0.05, 0) is 39.5 Å². The van der Waals surface area contributed by atoms with Crippen molar-refractivity contribution in [3.63, 3.8) is 0 Å². The highest BCUT2D eigenvalue weighted by Gasteiger charge is 2.34. The van der Waals surface area contributed by atoms with Gasteiger partial charge in [0.15, 0.2) is 0 Å². The molecule has 0 aliphatic rings. The minimum Gasteiger partial charge on any atom is -0.347 e. The summed E-state index contributed by atoms with van der Waals surface area (Å²) in [6.45, 7) is 0.184. The van der Waals surface area contributed by atoms with E-state index in [2.05, 4.69) is 21.2 Å². The van der Waals surface area contributed by atoms with E-state index in [0.717, 1.165) is 15.4 Å². The van der Waals surface area contributed by atoms with Gasteiger partial charge in [0.1, 0.15) is 0 Å². The van der Waals surface area contributed by atoms with Crippen LogP contribution >= 0.6 is 27.3 Å². The summed E-state index contributed by atoms with van der Waals surface area (Å²) in [6, 6.07) is 6.55. The normalized spacial score (nSPS) is 11.4. The average Bonchev–Trinajstić information content (AvgIpc) is 2.80. The third-order valence-corrected chi connectivity index (χ3v) is 4.50. The first-order chi connectivity index (χ1) is 9.39. The van der Waals surface area contributed by atoms with Gasteiger partial charge in [0, 0.05) is 9.35 Å². The van der Waals surface area contributed by atoms with Crippen LogP contribution in [0.5, 0.6) is 0 Å². The van der Waals surface area contributed by atoms with Crippen LogP contribution in [0.1, 0.15) is 20.8 Å². The lowest BCUT2D eigenvalue weighted by atomic mass is 10.1. The van der Waals surface area contributed by atoms with E-state index in [1.807, 2.05) is 11.4 Å². The maximum atomic E-state index is 12.8. The third-order valence-electron chi connectivity index (χ3n) is 2.58. The monoisotopic (exact) mass is 363 g/mol. The zero-order valence-electron chi connectivity index (χ0n) is 10.00. The molecular formula is C13H9BrF3NOS. The number of halogens is 4. The predicted molar refractivity (Wildman–Crippen MR) is 74.6 cm³/mol. The summed E-state index contributed by atoms with van der Waals surface area (Å²) in [7, 11) is 0. The number of thiophene rings is 1. The quantitative estimate of drug-likeness (QED) is 0.856. The highest BCUT2D eigenvalue weighted by molar-refractivity contribution is 9.10. The fraction of sp³-hybridized carbons (Fsp3) is 0.154. The summed E-state index contributed by atoms with van der Waals surface area (Å²) in [5.41, 5.74) is -1.30. The predicted octanol–water partition coefficient (Wildman–Crippen LogP) is 4.46. The molecule has 2 rings (SSSR count). The summed E-state index contributed by atoms with van der Waals surface area (Å²) >= 11 is 4.71. The van der Waals surface area contributed by atoms with E-state index in [-0.39, 0.29) is 12.1 Å². The van der Waals surface area contributed by atoms with Crippen molar-refractivity contribution in [2.45, 2.75) is 12.7 Å². The van der Waals surface area contributed by atoms with Crippen LogP contribution in [0.15, 0.2) is 40.2 Å². The summed E-state index contributed by atoms with van der Waals surface area (Å²) < 4.78 is 39.2. The van der Waals surface area contributed by atoms with E-state index in [9.17, 15) is 18.0 Å². The van der Waals surface area contributed by atoms with Gasteiger partial charge in [-0.15, -0.1) is 11.3 Å². The van der Waals surface area contributed by atoms with Crippen molar-refractivity contribution in [1.82, 2.24) is 5.32 Å². The number of benzene rings is 1. The van der Waals surface area contributed by atoms with Crippen molar-refractivity contribution in [2.75, 3.05) is 0 Å². The molecule has 0 spiro atoms. The number of amides is 1. The second-order valence-electron chi connectivity index (χ2n) is 3.92. The van der Waals surface area contributed by atoms with Crippen LogP contribution in [0.2, 0.25) is 0 Å². The summed E-state index contributed by atoms with van der Waals surface area (Å²) in [6.07, 6.45) is -4.54. The largest absolute Gasteiger partial charge is 0.417 e. The van der Waals surface area contributed by atoms with Gasteiger partial charge in [-0.3, -0.25) is 4.79 Å². The van der Waals surface area contributed by atoms with Crippen LogP contribution < -0.4 is 5.32 Å². The number of nitrogens with one attached hydrogen (secondary N) is 1. The van der Waals surface area contributed by atoms with E-state index in [4.69, 9.17) is 0 Å². The Morgan fingerprint density at radius 3 is 2.55 bits per heavy atom. The van der Waals surface area contributed by atoms with Crippen molar-refractivity contribution >= 4 is 33.2 Å². The lowest BCUT2D eigenvalue weighted by Crippen LogP contribution is -2.25. The zero-order chi connectivity index (χ0) is 14.8. The molecular weight excluding hydrogens is 355 g/mol. The van der Waals surface area contributed by atoms with Crippen LogP contribution in [0.25, 0.3) is 0 Å². The molecule has 0 fully saturated rings. The number of carbonyl (C=O) groups is 1. The second kappa shape index (κ2) is 5.97. The Bertz CT molecular complexity index is 624. The summed E-state index contributed by atoms with van der Waals surface area (Å²) in [5.74, 6) is -0.738. The number of rotatable bonds is 3. The molecule has 1 N–H and O–H groups in total. The lowest BCUT2D eigenvalue weighted by Gasteiger charge is -2.12. The van der Waals surface area contributed by atoms with Gasteiger partial charge in [0.2, 0.25) is 0 Å². The Morgan fingerprint density at radius 1 is 1.25 bits per heavy atom. The summed E-state index contributed by atoms with van der Waals surface area (Å²) in [5, 5.41) is 4.32. The minimum absolute atomic E-state index is 0.184. The van der Waals surface area contributed by atoms with E-state index in [0.29, 0.717) is 0 Å². The highest BCUT2D eigenvalue weighted by Crippen LogP contribution is 2.31. The molecule has 0 saturated heterocycles. The molecule has 0 saturated carbocycles. The first-order valence-corrected chi connectivity index (χ1v) is 7.23. The molecule has 0 unspecified atom stereocenters. The Balaban J connectivity index is 2.16. The van der Waals surface area contributed by atoms with Gasteiger partial charge in [0.25, 0.3) is 5.91 Å². The van der Waals surface area contributed by atoms with E-state index in [1.54, 1.807) is 0 Å². The van der Waals surface area contributed by atoms with Gasteiger partial charge in [-0.1, -0.05) is 12.1 Å². The van der Waals surface area contributed by atoms with Crippen LogP contribution in [-0.4, -0.2) is 5.91 Å². The number of carbonyl (C=O) groups excluding carboxylic acids is 1. The second-order valence-corrected chi connectivity index (χ2v) is 5.77. The molecule has 2 nitrogen and oxygen atoms in total. The Labute approximate surface area is 125 Å². The molecule has 0 atom stereocenters. The van der Waals surface area contributed by atoms with E-state index >= 15 is 0 Å². The van der Waals surface area contributed by atoms with E-state index in [1.165, 1.54) is 29.5 Å². The smallest absolute Gasteiger partial charge is 0.347 e. The topological polar surface area (TPSA) is 29.1 Å². The van der Waals surface area contributed by atoms with Gasteiger partial charge in [-0.25, -0.2) is 0 Å². The first kappa shape index (κ1) is 15.1. The summed E-state index contributed by atoms with van der Waals surface area (Å²) in [4.78, 5) is 12.7. The highest BCUT2D eigenvalue weighted by atomic mass is 79.9. The maximum absolute atomic E-state index is 12.8. The Hall–Kier alpha value is -1.34. The molecule has 2 aromatic rings. The average molecular weight is 364 g/mol. The van der Waals surface area contributed by atoms with Gasteiger partial charge in [-0.2, -0.15) is 13.2 Å². The molecule has 106 valence electrons. The molecule has 1 heterocycles. The molecule has 0 aliphatic heterocycles. The maximum Gasteiger partial charge on any atom is 0.417 e. The lowest BCUT2D eigenvalue weighted by molar-refractivity contribution is -0.137. The van der Waals surface area contributed by atoms with Crippen molar-refractivity contribution in [3.05, 3.63) is 56.2 Å². The number of hydrogen-bond acceptors (Lipinski definition) is 2. The van der Waals surface area contributed by atoms with Crippen LogP contribution in [0, 0.1) is 0 Å². The molecule has 7 heteroatoms. The van der Waals surface area contributed by atoms with Crippen LogP contribution in [-0.2, 0) is 12.7 Å². The Kier molecular flexibility index (Phi) is 4.49. The molecule has 1 aromatic heterocycles. The Morgan fingerprint density at radius 2 is 1.95 bits per heavy atom. The number of alkyl halides is 3. The van der Waals surface area contributed by atoms with Crippen LogP contribution in [0.4, 0.5) is 13.2 Å². The third kappa shape index (κ3) is 3.40. The van der Waals surface area contributed by atoms with Gasteiger partial charge < -0.3 is 5.32 Å². The zero-order valence-corrected chi connectivity index (χ0v) is 12.4. The first-order valence-electron chi connectivity index (χ1n) is 5.56. The molecule has 1 amide bonds. The molecule has 0 bridgehead atoms. The standard InChI is InChI=1S/C13H9BrF3NOS/c14-10-5-6-20-11(10)7-18-12(19)8-3-1-2-4-9(8)13(15,16)17/h1-6H,7H2,(H,18,19). The van der Waals surface area contributed by atoms with Crippen molar-refractivity contribution < 1.29 is 18.0 Å². The van der Waals surface area contributed by atoms with Gasteiger partial charge in [0.05, 0.1) is 17.7 Å². The van der Waals surface area contributed by atoms with Crippen molar-refractivity contribution in [2.24, 2.45) is 0 Å². The van der Waals surface area contributed by atoms with Crippen molar-refractivity contribution in [3.8, 4) is 0 Å². The van der Waals surface area contributed by atoms with Crippen LogP contribution in [0.3, 0.4) is 0 Å². The van der Waals surface area contributed by atoms with Gasteiger partial charge >= 0.3 is 6.18 Å². The van der Waals surface area contributed by atoms with E-state index < -0.39 is 17.6 Å². The fourth-order valence-corrected chi connectivity index (χ4v) is 3.07. The van der Waals surface area contributed by atoms with Crippen molar-refractivity contribution in [1.29, 1.82) is 0 Å².